The van der Waals surface area contributed by atoms with Crippen LogP contribution in [0.2, 0.25) is 5.02 Å². The summed E-state index contributed by atoms with van der Waals surface area (Å²) in [6.45, 7) is 2.51. The van der Waals surface area contributed by atoms with E-state index in [2.05, 4.69) is 0 Å². The number of halogens is 1. The van der Waals surface area contributed by atoms with Crippen molar-refractivity contribution in [2.75, 3.05) is 0 Å². The summed E-state index contributed by atoms with van der Waals surface area (Å²) in [5.41, 5.74) is 3.22. The van der Waals surface area contributed by atoms with E-state index in [1.807, 2.05) is 43.3 Å². The minimum Gasteiger partial charge on any atom is -0.493 e. The molecule has 0 amide bonds. The van der Waals surface area contributed by atoms with Gasteiger partial charge in [-0.25, -0.2) is 0 Å². The highest BCUT2D eigenvalue weighted by molar-refractivity contribution is 6.30. The molecule has 1 aromatic rings. The Kier molecular flexibility index (Phi) is 4.21. The van der Waals surface area contributed by atoms with E-state index in [0.717, 1.165) is 34.9 Å². The second-order valence-corrected chi connectivity index (χ2v) is 4.86. The molecule has 0 radical (unpaired) electrons. The lowest BCUT2D eigenvalue weighted by molar-refractivity contribution is -0.113. The third kappa shape index (κ3) is 3.47. The van der Waals surface area contributed by atoms with Crippen LogP contribution in [0.25, 0.3) is 0 Å². The van der Waals surface area contributed by atoms with Crippen LogP contribution in [0.1, 0.15) is 25.3 Å². The van der Waals surface area contributed by atoms with E-state index >= 15 is 0 Å². The Morgan fingerprint density at radius 2 is 1.94 bits per heavy atom. The predicted molar refractivity (Wildman–Crippen MR) is 74.2 cm³/mol. The van der Waals surface area contributed by atoms with Crippen molar-refractivity contribution in [3.8, 4) is 0 Å². The van der Waals surface area contributed by atoms with Gasteiger partial charge in [0.05, 0.1) is 5.76 Å². The molecule has 1 aromatic carbocycles. The molecule has 0 bridgehead atoms. The topological polar surface area (TPSA) is 34.8 Å². The smallest absolute Gasteiger partial charge is 0.172 e. The number of allylic oxidation sites excluding steroid dienone is 4. The van der Waals surface area contributed by atoms with E-state index < -0.39 is 0 Å². The lowest BCUT2D eigenvalue weighted by atomic mass is 10.0. The fraction of sp³-hybridized carbons (Fsp3) is 0.267. The molecule has 94 valence electrons. The molecule has 1 aliphatic carbocycles. The summed E-state index contributed by atoms with van der Waals surface area (Å²) in [4.78, 5) is 0. The lowest BCUT2D eigenvalue weighted by Crippen LogP contribution is -2.38. The first-order valence-electron chi connectivity index (χ1n) is 6.01. The Morgan fingerprint density at radius 3 is 2.50 bits per heavy atom. The van der Waals surface area contributed by atoms with Gasteiger partial charge in [0.2, 0.25) is 0 Å². The van der Waals surface area contributed by atoms with Crippen LogP contribution < -0.4 is 5.41 Å². The number of hydrogen-bond donors (Lipinski definition) is 1. The SMILES string of the molecule is CC(=[NH2+])C1=CC=C(OCc2ccc(Cl)cc2)CC1. The van der Waals surface area contributed by atoms with Gasteiger partial charge in [-0.1, -0.05) is 23.7 Å². The Balaban J connectivity index is 1.92. The average molecular weight is 263 g/mol. The van der Waals surface area contributed by atoms with Crippen LogP contribution in [0.3, 0.4) is 0 Å². The summed E-state index contributed by atoms with van der Waals surface area (Å²) in [5, 5.41) is 6.50. The molecule has 0 fully saturated rings. The summed E-state index contributed by atoms with van der Waals surface area (Å²) in [7, 11) is 0. The molecule has 0 aromatic heterocycles. The van der Waals surface area contributed by atoms with Gasteiger partial charge in [-0.05, 0) is 36.3 Å². The van der Waals surface area contributed by atoms with Crippen LogP contribution in [-0.4, -0.2) is 5.71 Å². The molecule has 0 spiro atoms. The largest absolute Gasteiger partial charge is 0.493 e. The molecule has 1 aliphatic rings. The first-order chi connectivity index (χ1) is 8.65. The molecule has 2 rings (SSSR count). The van der Waals surface area contributed by atoms with Crippen LogP contribution in [0.5, 0.6) is 0 Å². The minimum atomic E-state index is 0.581. The lowest BCUT2D eigenvalue weighted by Gasteiger charge is -2.14. The standard InChI is InChI=1S/C15H16ClNO/c1-11(17)13-4-8-15(9-5-13)18-10-12-2-6-14(16)7-3-12/h2-4,6-8,17H,5,9-10H2,1H3/p+1. The number of nitrogens with two attached hydrogens (primary N) is 1. The van der Waals surface area contributed by atoms with Crippen molar-refractivity contribution in [2.24, 2.45) is 0 Å². The van der Waals surface area contributed by atoms with Crippen LogP contribution in [-0.2, 0) is 11.3 Å². The second-order valence-electron chi connectivity index (χ2n) is 4.42. The summed E-state index contributed by atoms with van der Waals surface area (Å²) in [5.74, 6) is 1.01. The van der Waals surface area contributed by atoms with Crippen LogP contribution >= 0.6 is 11.6 Å². The Bertz CT molecular complexity index is 500. The van der Waals surface area contributed by atoms with Crippen molar-refractivity contribution in [3.05, 3.63) is 58.3 Å². The van der Waals surface area contributed by atoms with Gasteiger partial charge in [0.25, 0.3) is 0 Å². The van der Waals surface area contributed by atoms with E-state index in [0.29, 0.717) is 6.61 Å². The van der Waals surface area contributed by atoms with Crippen molar-refractivity contribution >= 4 is 17.3 Å². The fourth-order valence-corrected chi connectivity index (χ4v) is 1.95. The van der Waals surface area contributed by atoms with Crippen LogP contribution in [0.15, 0.2) is 47.7 Å². The Morgan fingerprint density at radius 1 is 1.22 bits per heavy atom. The summed E-state index contributed by atoms with van der Waals surface area (Å²) < 4.78 is 5.76. The maximum absolute atomic E-state index is 5.83. The summed E-state index contributed by atoms with van der Waals surface area (Å²) >= 11 is 5.83. The van der Waals surface area contributed by atoms with E-state index in [9.17, 15) is 0 Å². The molecule has 0 saturated carbocycles. The van der Waals surface area contributed by atoms with Gasteiger partial charge in [-0.2, -0.15) is 0 Å². The zero-order valence-electron chi connectivity index (χ0n) is 10.4. The average Bonchev–Trinajstić information content (AvgIpc) is 2.38. The molecule has 0 unspecified atom stereocenters. The van der Waals surface area contributed by atoms with Gasteiger partial charge in [-0.3, -0.25) is 5.41 Å². The highest BCUT2D eigenvalue weighted by Gasteiger charge is 2.11. The Hall–Kier alpha value is -1.54. The van der Waals surface area contributed by atoms with Gasteiger partial charge in [0.1, 0.15) is 6.61 Å². The molecular formula is C15H17ClNO+. The normalized spacial score (nSPS) is 14.8. The number of hydrogen-bond acceptors (Lipinski definition) is 1. The van der Waals surface area contributed by atoms with Gasteiger partial charge in [0, 0.05) is 23.9 Å². The summed E-state index contributed by atoms with van der Waals surface area (Å²) in [6, 6.07) is 7.70. The van der Waals surface area contributed by atoms with Crippen molar-refractivity contribution in [1.29, 1.82) is 0 Å². The molecule has 0 heterocycles. The minimum absolute atomic E-state index is 0.581. The number of ether oxygens (including phenoxy) is 1. The first-order valence-corrected chi connectivity index (χ1v) is 6.39. The molecule has 0 aliphatic heterocycles. The molecule has 0 saturated heterocycles. The van der Waals surface area contributed by atoms with Crippen LogP contribution in [0, 0.1) is 0 Å². The predicted octanol–water partition coefficient (Wildman–Crippen LogP) is 2.68. The third-order valence-corrected chi connectivity index (χ3v) is 3.21. The van der Waals surface area contributed by atoms with Crippen molar-refractivity contribution in [1.82, 2.24) is 0 Å². The second kappa shape index (κ2) is 5.87. The maximum Gasteiger partial charge on any atom is 0.172 e. The quantitative estimate of drug-likeness (QED) is 0.832. The van der Waals surface area contributed by atoms with E-state index in [-0.39, 0.29) is 0 Å². The third-order valence-electron chi connectivity index (χ3n) is 2.96. The Labute approximate surface area is 112 Å². The monoisotopic (exact) mass is 262 g/mol. The molecular weight excluding hydrogens is 246 g/mol. The number of rotatable bonds is 4. The highest BCUT2D eigenvalue weighted by Crippen LogP contribution is 2.20. The molecule has 18 heavy (non-hydrogen) atoms. The van der Waals surface area contributed by atoms with Gasteiger partial charge >= 0.3 is 0 Å². The molecule has 2 N–H and O–H groups in total. The first kappa shape index (κ1) is 12.9. The van der Waals surface area contributed by atoms with Gasteiger partial charge in [-0.15, -0.1) is 0 Å². The zero-order chi connectivity index (χ0) is 13.0. The van der Waals surface area contributed by atoms with Crippen molar-refractivity contribution in [3.63, 3.8) is 0 Å². The van der Waals surface area contributed by atoms with Crippen molar-refractivity contribution in [2.45, 2.75) is 26.4 Å². The van der Waals surface area contributed by atoms with E-state index in [1.54, 1.807) is 0 Å². The number of benzene rings is 1. The van der Waals surface area contributed by atoms with Crippen LogP contribution in [0.4, 0.5) is 0 Å². The van der Waals surface area contributed by atoms with E-state index in [1.165, 1.54) is 5.57 Å². The summed E-state index contributed by atoms with van der Waals surface area (Å²) in [6.07, 6.45) is 5.91. The van der Waals surface area contributed by atoms with Gasteiger partial charge in [0.15, 0.2) is 5.71 Å². The van der Waals surface area contributed by atoms with E-state index in [4.69, 9.17) is 21.7 Å². The highest BCUT2D eigenvalue weighted by atomic mass is 35.5. The maximum atomic E-state index is 5.83. The zero-order valence-corrected chi connectivity index (χ0v) is 11.2. The van der Waals surface area contributed by atoms with Crippen molar-refractivity contribution < 1.29 is 10.1 Å². The molecule has 0 atom stereocenters. The fourth-order valence-electron chi connectivity index (χ4n) is 1.82. The molecule has 2 nitrogen and oxygen atoms in total. The molecule has 3 heteroatoms. The van der Waals surface area contributed by atoms with Gasteiger partial charge < -0.3 is 4.74 Å².